The van der Waals surface area contributed by atoms with Crippen molar-refractivity contribution in [3.63, 3.8) is 0 Å². The third-order valence-electron chi connectivity index (χ3n) is 4.24. The van der Waals surface area contributed by atoms with Gasteiger partial charge < -0.3 is 14.4 Å². The number of carbonyl (C=O) groups is 2. The lowest BCUT2D eigenvalue weighted by Gasteiger charge is -2.41. The summed E-state index contributed by atoms with van der Waals surface area (Å²) in [6.45, 7) is 6.58. The van der Waals surface area contributed by atoms with Gasteiger partial charge in [0.1, 0.15) is 11.4 Å². The molecular weight excluding hydrogens is 398 g/mol. The Kier molecular flexibility index (Phi) is 7.65. The first-order chi connectivity index (χ1) is 12.3. The first kappa shape index (κ1) is 20.9. The van der Waals surface area contributed by atoms with Crippen LogP contribution in [0.3, 0.4) is 0 Å². The summed E-state index contributed by atoms with van der Waals surface area (Å²) in [4.78, 5) is 26.4. The smallest absolute Gasteiger partial charge is 0.410 e. The molecule has 1 aromatic rings. The lowest BCUT2D eigenvalue weighted by Crippen LogP contribution is -2.53. The van der Waals surface area contributed by atoms with Crippen LogP contribution >= 0.6 is 15.9 Å². The number of alkyl halides is 1. The van der Waals surface area contributed by atoms with Crippen molar-refractivity contribution in [1.82, 2.24) is 4.90 Å². The summed E-state index contributed by atoms with van der Waals surface area (Å²) in [7, 11) is 0. The number of benzene rings is 1. The summed E-state index contributed by atoms with van der Waals surface area (Å²) in [5.74, 6) is 0.0544. The Morgan fingerprint density at radius 1 is 1.23 bits per heavy atom. The van der Waals surface area contributed by atoms with Crippen molar-refractivity contribution >= 4 is 27.8 Å². The van der Waals surface area contributed by atoms with Crippen LogP contribution in [0.15, 0.2) is 30.3 Å². The van der Waals surface area contributed by atoms with Crippen LogP contribution in [0, 0.1) is 0 Å². The van der Waals surface area contributed by atoms with Crippen LogP contribution in [0.4, 0.5) is 4.79 Å². The summed E-state index contributed by atoms with van der Waals surface area (Å²) < 4.78 is 11.7. The van der Waals surface area contributed by atoms with Crippen LogP contribution in [0.2, 0.25) is 0 Å². The van der Waals surface area contributed by atoms with E-state index in [1.54, 1.807) is 4.90 Å². The van der Waals surface area contributed by atoms with E-state index in [1.165, 1.54) is 0 Å². The molecule has 0 unspecified atom stereocenters. The molecule has 0 bridgehead atoms. The topological polar surface area (TPSA) is 55.8 Å². The summed E-state index contributed by atoms with van der Waals surface area (Å²) in [6.07, 6.45) is 1.37. The fraction of sp³-hybridized carbons (Fsp3) is 0.600. The standard InChI is InChI=1S/C20H28BrNO4/c1-20(2,3)26-19(24)22-11-7-10-18(17(22)12-16(23)13-21)25-14-15-8-5-4-6-9-15/h4-6,8-9,17-18H,7,10-14H2,1-3H3/t17-,18-/m0/s1. The Hall–Kier alpha value is -1.40. The van der Waals surface area contributed by atoms with Gasteiger partial charge in [0.25, 0.3) is 0 Å². The maximum absolute atomic E-state index is 12.6. The van der Waals surface area contributed by atoms with Gasteiger partial charge >= 0.3 is 6.09 Å². The Bertz CT molecular complexity index is 600. The monoisotopic (exact) mass is 425 g/mol. The third-order valence-corrected chi connectivity index (χ3v) is 4.86. The highest BCUT2D eigenvalue weighted by atomic mass is 79.9. The first-order valence-electron chi connectivity index (χ1n) is 9.03. The predicted octanol–water partition coefficient (Wildman–Crippen LogP) is 4.33. The average Bonchev–Trinajstić information content (AvgIpc) is 2.60. The van der Waals surface area contributed by atoms with Gasteiger partial charge in [-0.15, -0.1) is 0 Å². The highest BCUT2D eigenvalue weighted by Gasteiger charge is 2.38. The highest BCUT2D eigenvalue weighted by Crippen LogP contribution is 2.26. The number of hydrogen-bond donors (Lipinski definition) is 0. The van der Waals surface area contributed by atoms with E-state index in [2.05, 4.69) is 15.9 Å². The van der Waals surface area contributed by atoms with Gasteiger partial charge in [0, 0.05) is 13.0 Å². The van der Waals surface area contributed by atoms with Gasteiger partial charge in [-0.25, -0.2) is 4.79 Å². The minimum atomic E-state index is -0.571. The molecule has 2 atom stereocenters. The van der Waals surface area contributed by atoms with Crippen molar-refractivity contribution < 1.29 is 19.1 Å². The lowest BCUT2D eigenvalue weighted by molar-refractivity contribution is -0.121. The minimum absolute atomic E-state index is 0.0544. The van der Waals surface area contributed by atoms with E-state index in [-0.39, 0.29) is 35.8 Å². The fourth-order valence-electron chi connectivity index (χ4n) is 3.07. The van der Waals surface area contributed by atoms with Gasteiger partial charge in [0.05, 0.1) is 24.1 Å². The van der Waals surface area contributed by atoms with Gasteiger partial charge in [-0.2, -0.15) is 0 Å². The number of Topliss-reactive ketones (excluding diaryl/α,β-unsaturated/α-hetero) is 1. The normalized spacial score (nSPS) is 20.7. The highest BCUT2D eigenvalue weighted by molar-refractivity contribution is 9.09. The average molecular weight is 426 g/mol. The maximum Gasteiger partial charge on any atom is 0.410 e. The Morgan fingerprint density at radius 2 is 1.92 bits per heavy atom. The number of likely N-dealkylation sites (tertiary alicyclic amines) is 1. The number of rotatable bonds is 6. The van der Waals surface area contributed by atoms with E-state index in [1.807, 2.05) is 51.1 Å². The number of carbonyl (C=O) groups excluding carboxylic acids is 2. The molecule has 5 nitrogen and oxygen atoms in total. The van der Waals surface area contributed by atoms with Crippen LogP contribution in [0.5, 0.6) is 0 Å². The molecule has 0 aliphatic carbocycles. The SMILES string of the molecule is CC(C)(C)OC(=O)N1CCC[C@H](OCc2ccccc2)[C@@H]1CC(=O)CBr. The van der Waals surface area contributed by atoms with E-state index in [9.17, 15) is 9.59 Å². The molecule has 6 heteroatoms. The van der Waals surface area contributed by atoms with Gasteiger partial charge in [-0.05, 0) is 39.2 Å². The number of amides is 1. The molecule has 2 rings (SSSR count). The molecule has 1 aliphatic heterocycles. The number of ketones is 1. The van der Waals surface area contributed by atoms with Crippen molar-refractivity contribution in [2.75, 3.05) is 11.9 Å². The first-order valence-corrected chi connectivity index (χ1v) is 10.1. The zero-order chi connectivity index (χ0) is 19.2. The molecule has 0 spiro atoms. The molecule has 1 fully saturated rings. The predicted molar refractivity (Wildman–Crippen MR) is 104 cm³/mol. The van der Waals surface area contributed by atoms with E-state index >= 15 is 0 Å². The lowest BCUT2D eigenvalue weighted by atomic mass is 9.95. The second kappa shape index (κ2) is 9.51. The second-order valence-corrected chi connectivity index (χ2v) is 8.16. The number of nitrogens with zero attached hydrogens (tertiary/aromatic N) is 1. The molecule has 0 radical (unpaired) electrons. The van der Waals surface area contributed by atoms with Crippen LogP contribution in [-0.2, 0) is 20.9 Å². The van der Waals surface area contributed by atoms with E-state index in [4.69, 9.17) is 9.47 Å². The molecule has 1 saturated heterocycles. The van der Waals surface area contributed by atoms with Gasteiger partial charge in [0.2, 0.25) is 0 Å². The quantitative estimate of drug-likeness (QED) is 0.636. The number of piperidine rings is 1. The molecule has 0 aromatic heterocycles. The molecule has 1 aliphatic rings. The van der Waals surface area contributed by atoms with Crippen LogP contribution in [0.25, 0.3) is 0 Å². The van der Waals surface area contributed by atoms with Crippen molar-refractivity contribution in [3.05, 3.63) is 35.9 Å². The van der Waals surface area contributed by atoms with Crippen molar-refractivity contribution in [1.29, 1.82) is 0 Å². The van der Waals surface area contributed by atoms with Gasteiger partial charge in [0.15, 0.2) is 0 Å². The van der Waals surface area contributed by atoms with E-state index in [0.717, 1.165) is 18.4 Å². The fourth-order valence-corrected chi connectivity index (χ4v) is 3.30. The van der Waals surface area contributed by atoms with Crippen LogP contribution in [0.1, 0.15) is 45.6 Å². The van der Waals surface area contributed by atoms with Crippen molar-refractivity contribution in [3.8, 4) is 0 Å². The molecule has 0 N–H and O–H groups in total. The molecule has 1 heterocycles. The molecule has 0 saturated carbocycles. The summed E-state index contributed by atoms with van der Waals surface area (Å²) in [5, 5.41) is 0.275. The number of ether oxygens (including phenoxy) is 2. The molecule has 144 valence electrons. The Morgan fingerprint density at radius 3 is 2.54 bits per heavy atom. The van der Waals surface area contributed by atoms with E-state index in [0.29, 0.717) is 13.2 Å². The Labute approximate surface area is 164 Å². The van der Waals surface area contributed by atoms with E-state index < -0.39 is 5.60 Å². The minimum Gasteiger partial charge on any atom is -0.444 e. The van der Waals surface area contributed by atoms with Crippen LogP contribution in [-0.4, -0.2) is 46.4 Å². The number of hydrogen-bond acceptors (Lipinski definition) is 4. The maximum atomic E-state index is 12.6. The zero-order valence-electron chi connectivity index (χ0n) is 15.7. The van der Waals surface area contributed by atoms with Crippen LogP contribution < -0.4 is 0 Å². The molecule has 26 heavy (non-hydrogen) atoms. The number of halogens is 1. The van der Waals surface area contributed by atoms with Gasteiger partial charge in [-0.3, -0.25) is 4.79 Å². The molecule has 1 amide bonds. The largest absolute Gasteiger partial charge is 0.444 e. The zero-order valence-corrected chi connectivity index (χ0v) is 17.3. The summed E-state index contributed by atoms with van der Waals surface area (Å²) in [6, 6.07) is 9.62. The van der Waals surface area contributed by atoms with Crippen molar-refractivity contribution in [2.45, 2.75) is 64.4 Å². The summed E-state index contributed by atoms with van der Waals surface area (Å²) >= 11 is 3.22. The second-order valence-electron chi connectivity index (χ2n) is 7.59. The van der Waals surface area contributed by atoms with Crippen molar-refractivity contribution in [2.24, 2.45) is 0 Å². The van der Waals surface area contributed by atoms with Gasteiger partial charge in [-0.1, -0.05) is 46.3 Å². The molecular formula is C20H28BrNO4. The Balaban J connectivity index is 2.11. The summed E-state index contributed by atoms with van der Waals surface area (Å²) in [5.41, 5.74) is 0.506. The molecule has 1 aromatic carbocycles. The third kappa shape index (κ3) is 6.40.